The smallest absolute Gasteiger partial charge is 0.322 e. The molecule has 0 aliphatic carbocycles. The van der Waals surface area contributed by atoms with Gasteiger partial charge in [0.05, 0.1) is 6.04 Å². The summed E-state index contributed by atoms with van der Waals surface area (Å²) in [5.74, 6) is 0. The van der Waals surface area contributed by atoms with Crippen LogP contribution in [0.2, 0.25) is 0 Å². The summed E-state index contributed by atoms with van der Waals surface area (Å²) < 4.78 is 0. The monoisotopic (exact) mass is 338 g/mol. The second-order valence-corrected chi connectivity index (χ2v) is 6.31. The van der Waals surface area contributed by atoms with Crippen molar-refractivity contribution in [1.29, 1.82) is 0 Å². The number of likely N-dealkylation sites (N-methyl/N-ethyl adjacent to an activating group) is 1. The fraction of sp³-hybridized carbons (Fsp3) is 0.350. The number of nitrogens with one attached hydrogen (secondary N) is 1. The maximum absolute atomic E-state index is 12.8. The molecule has 25 heavy (non-hydrogen) atoms. The van der Waals surface area contributed by atoms with Crippen molar-refractivity contribution in [2.24, 2.45) is 0 Å². The van der Waals surface area contributed by atoms with Crippen LogP contribution in [-0.2, 0) is 0 Å². The van der Waals surface area contributed by atoms with E-state index in [0.717, 1.165) is 36.4 Å². The van der Waals surface area contributed by atoms with E-state index in [1.165, 1.54) is 0 Å². The molecule has 1 aliphatic heterocycles. The first-order valence-electron chi connectivity index (χ1n) is 8.88. The molecular weight excluding hydrogens is 312 g/mol. The molecule has 1 heterocycles. The zero-order valence-electron chi connectivity index (χ0n) is 14.9. The molecule has 0 fully saturated rings. The summed E-state index contributed by atoms with van der Waals surface area (Å²) >= 11 is 0. The average molecular weight is 338 g/mol. The van der Waals surface area contributed by atoms with E-state index in [1.54, 1.807) is 0 Å². The van der Waals surface area contributed by atoms with Gasteiger partial charge in [-0.2, -0.15) is 0 Å². The molecule has 0 spiro atoms. The lowest BCUT2D eigenvalue weighted by molar-refractivity contribution is 0.179. The molecule has 0 saturated heterocycles. The van der Waals surface area contributed by atoms with Crippen LogP contribution in [0.25, 0.3) is 0 Å². The molecule has 5 heteroatoms. The Morgan fingerprint density at radius 2 is 1.84 bits per heavy atom. The average Bonchev–Trinajstić information content (AvgIpc) is 2.63. The number of nitrogens with two attached hydrogens (primary N) is 1. The largest absolute Gasteiger partial charge is 0.399 e. The summed E-state index contributed by atoms with van der Waals surface area (Å²) in [6, 6.07) is 15.7. The Bertz CT molecular complexity index is 728. The van der Waals surface area contributed by atoms with Crippen LogP contribution in [0.5, 0.6) is 0 Å². The first-order chi connectivity index (χ1) is 12.1. The van der Waals surface area contributed by atoms with Crippen molar-refractivity contribution in [3.05, 3.63) is 59.7 Å². The van der Waals surface area contributed by atoms with Crippen LogP contribution < -0.4 is 11.1 Å². The van der Waals surface area contributed by atoms with Crippen LogP contribution in [0, 0.1) is 0 Å². The highest BCUT2D eigenvalue weighted by Crippen LogP contribution is 2.38. The summed E-state index contributed by atoms with van der Waals surface area (Å²) in [5.41, 5.74) is 9.72. The Kier molecular flexibility index (Phi) is 5.24. The van der Waals surface area contributed by atoms with Crippen molar-refractivity contribution in [3.8, 4) is 0 Å². The van der Waals surface area contributed by atoms with Gasteiger partial charge < -0.3 is 20.9 Å². The van der Waals surface area contributed by atoms with Gasteiger partial charge in [0, 0.05) is 30.0 Å². The number of fused-ring (bicyclic) bond motifs is 1. The fourth-order valence-electron chi connectivity index (χ4n) is 3.41. The summed E-state index contributed by atoms with van der Waals surface area (Å²) in [4.78, 5) is 17.0. The number of hydrogen-bond acceptors (Lipinski definition) is 3. The van der Waals surface area contributed by atoms with Crippen molar-refractivity contribution in [3.63, 3.8) is 0 Å². The number of carbonyl (C=O) groups excluding carboxylic acids is 1. The molecule has 2 aromatic rings. The molecule has 0 aromatic heterocycles. The van der Waals surface area contributed by atoms with E-state index in [4.69, 9.17) is 5.73 Å². The first kappa shape index (κ1) is 17.3. The molecule has 0 bridgehead atoms. The predicted octanol–water partition coefficient (Wildman–Crippen LogP) is 3.55. The van der Waals surface area contributed by atoms with Gasteiger partial charge in [0.15, 0.2) is 0 Å². The molecule has 1 aliphatic rings. The Hall–Kier alpha value is -2.53. The number of anilines is 2. The van der Waals surface area contributed by atoms with E-state index in [9.17, 15) is 4.79 Å². The minimum Gasteiger partial charge on any atom is -0.399 e. The zero-order chi connectivity index (χ0) is 17.8. The number of rotatable bonds is 6. The SMILES string of the molecule is CCN(CC)CCN1C(=O)Nc2ccc(N)cc2C1c1ccccc1. The van der Waals surface area contributed by atoms with Crippen LogP contribution in [0.3, 0.4) is 0 Å². The van der Waals surface area contributed by atoms with E-state index < -0.39 is 0 Å². The predicted molar refractivity (Wildman–Crippen MR) is 103 cm³/mol. The first-order valence-corrected chi connectivity index (χ1v) is 8.88. The number of carbonyl (C=O) groups is 1. The molecule has 3 rings (SSSR count). The minimum absolute atomic E-state index is 0.0571. The number of benzene rings is 2. The van der Waals surface area contributed by atoms with E-state index in [1.807, 2.05) is 41.3 Å². The van der Waals surface area contributed by atoms with Crippen molar-refractivity contribution >= 4 is 17.4 Å². The van der Waals surface area contributed by atoms with Gasteiger partial charge in [-0.1, -0.05) is 44.2 Å². The highest BCUT2D eigenvalue weighted by molar-refractivity contribution is 5.94. The normalized spacial score (nSPS) is 16.7. The van der Waals surface area contributed by atoms with Gasteiger partial charge in [0.1, 0.15) is 0 Å². The lowest BCUT2D eigenvalue weighted by atomic mass is 9.93. The van der Waals surface area contributed by atoms with E-state index in [0.29, 0.717) is 12.2 Å². The fourth-order valence-corrected chi connectivity index (χ4v) is 3.41. The second-order valence-electron chi connectivity index (χ2n) is 6.31. The van der Waals surface area contributed by atoms with Gasteiger partial charge in [-0.15, -0.1) is 0 Å². The Morgan fingerprint density at radius 3 is 2.52 bits per heavy atom. The molecule has 132 valence electrons. The molecule has 0 radical (unpaired) electrons. The molecular formula is C20H26N4O. The highest BCUT2D eigenvalue weighted by atomic mass is 16.2. The molecule has 1 atom stereocenters. The Morgan fingerprint density at radius 1 is 1.12 bits per heavy atom. The number of urea groups is 1. The van der Waals surface area contributed by atoms with Crippen LogP contribution in [0.4, 0.5) is 16.2 Å². The summed E-state index contributed by atoms with van der Waals surface area (Å²) in [6.45, 7) is 7.76. The third-order valence-electron chi connectivity index (χ3n) is 4.85. The van der Waals surface area contributed by atoms with E-state index in [2.05, 4.69) is 36.2 Å². The molecule has 3 N–H and O–H groups in total. The standard InChI is InChI=1S/C20H26N4O/c1-3-23(4-2)12-13-24-19(15-8-6-5-7-9-15)17-14-16(21)10-11-18(17)22-20(24)25/h5-11,14,19H,3-4,12-13,21H2,1-2H3,(H,22,25). The molecule has 5 nitrogen and oxygen atoms in total. The van der Waals surface area contributed by atoms with Crippen LogP contribution >= 0.6 is 0 Å². The van der Waals surface area contributed by atoms with Crippen molar-refractivity contribution < 1.29 is 4.79 Å². The lowest BCUT2D eigenvalue weighted by Gasteiger charge is -2.39. The third kappa shape index (κ3) is 3.61. The van der Waals surface area contributed by atoms with Gasteiger partial charge in [-0.25, -0.2) is 4.79 Å². The molecule has 0 saturated carbocycles. The number of hydrogen-bond donors (Lipinski definition) is 2. The quantitative estimate of drug-likeness (QED) is 0.792. The zero-order valence-corrected chi connectivity index (χ0v) is 14.9. The number of nitrogens with zero attached hydrogens (tertiary/aromatic N) is 2. The molecule has 2 aromatic carbocycles. The second kappa shape index (κ2) is 7.57. The lowest BCUT2D eigenvalue weighted by Crippen LogP contribution is -2.46. The summed E-state index contributed by atoms with van der Waals surface area (Å²) in [5, 5.41) is 3.01. The Labute approximate surface area is 149 Å². The van der Waals surface area contributed by atoms with Crippen LogP contribution in [0.1, 0.15) is 31.0 Å². The summed E-state index contributed by atoms with van der Waals surface area (Å²) in [6.07, 6.45) is 0. The van der Waals surface area contributed by atoms with Crippen molar-refractivity contribution in [2.45, 2.75) is 19.9 Å². The van der Waals surface area contributed by atoms with Crippen molar-refractivity contribution in [1.82, 2.24) is 9.80 Å². The maximum Gasteiger partial charge on any atom is 0.322 e. The van der Waals surface area contributed by atoms with Crippen LogP contribution in [0.15, 0.2) is 48.5 Å². The molecule has 2 amide bonds. The Balaban J connectivity index is 1.99. The number of amides is 2. The minimum atomic E-state index is -0.121. The van der Waals surface area contributed by atoms with Gasteiger partial charge >= 0.3 is 6.03 Å². The van der Waals surface area contributed by atoms with Gasteiger partial charge in [-0.05, 0) is 36.9 Å². The van der Waals surface area contributed by atoms with E-state index in [-0.39, 0.29) is 12.1 Å². The summed E-state index contributed by atoms with van der Waals surface area (Å²) in [7, 11) is 0. The highest BCUT2D eigenvalue weighted by Gasteiger charge is 2.33. The topological polar surface area (TPSA) is 61.6 Å². The van der Waals surface area contributed by atoms with Gasteiger partial charge in [0.2, 0.25) is 0 Å². The van der Waals surface area contributed by atoms with Crippen LogP contribution in [-0.4, -0.2) is 42.0 Å². The maximum atomic E-state index is 12.8. The number of nitrogen functional groups attached to an aromatic ring is 1. The van der Waals surface area contributed by atoms with Gasteiger partial charge in [0.25, 0.3) is 0 Å². The van der Waals surface area contributed by atoms with Gasteiger partial charge in [-0.3, -0.25) is 0 Å². The third-order valence-corrected chi connectivity index (χ3v) is 4.85. The van der Waals surface area contributed by atoms with E-state index >= 15 is 0 Å². The molecule has 1 unspecified atom stereocenters. The van der Waals surface area contributed by atoms with Crippen molar-refractivity contribution in [2.75, 3.05) is 37.2 Å².